The molecule has 1 fully saturated rings. The van der Waals surface area contributed by atoms with Crippen molar-refractivity contribution in [2.24, 2.45) is 0 Å². The third-order valence-electron chi connectivity index (χ3n) is 2.51. The van der Waals surface area contributed by atoms with Crippen LogP contribution in [-0.2, 0) is 0 Å². The minimum absolute atomic E-state index is 0.0145. The van der Waals surface area contributed by atoms with Crippen LogP contribution in [0.5, 0.6) is 0 Å². The van der Waals surface area contributed by atoms with E-state index in [0.717, 1.165) is 30.4 Å². The molecule has 0 atom stereocenters. The molecule has 1 aliphatic heterocycles. The van der Waals surface area contributed by atoms with Crippen molar-refractivity contribution in [2.75, 3.05) is 11.5 Å². The zero-order valence-corrected chi connectivity index (χ0v) is 9.83. The van der Waals surface area contributed by atoms with Crippen molar-refractivity contribution in [3.05, 3.63) is 17.5 Å². The molecule has 17 heavy (non-hydrogen) atoms. The number of thioether (sulfide) groups is 1. The smallest absolute Gasteiger partial charge is 0.374 e. The topological polar surface area (TPSA) is 92.4 Å². The third-order valence-corrected chi connectivity index (χ3v) is 3.56. The Morgan fingerprint density at radius 2 is 2.18 bits per heavy atom. The van der Waals surface area contributed by atoms with Gasteiger partial charge in [-0.3, -0.25) is 4.79 Å². The lowest BCUT2D eigenvalue weighted by atomic mass is 10.1. The van der Waals surface area contributed by atoms with E-state index >= 15 is 0 Å². The highest BCUT2D eigenvalue weighted by atomic mass is 32.2. The molecule has 1 amide bonds. The summed E-state index contributed by atoms with van der Waals surface area (Å²) in [4.78, 5) is 22.3. The minimum Gasteiger partial charge on any atom is -0.475 e. The lowest BCUT2D eigenvalue weighted by Gasteiger charge is -2.21. The first-order valence-electron chi connectivity index (χ1n) is 5.25. The highest BCUT2D eigenvalue weighted by Crippen LogP contribution is 2.17. The van der Waals surface area contributed by atoms with Crippen LogP contribution in [0.2, 0.25) is 0 Å². The Morgan fingerprint density at radius 1 is 1.47 bits per heavy atom. The summed E-state index contributed by atoms with van der Waals surface area (Å²) < 4.78 is 4.52. The molecule has 0 aliphatic carbocycles. The summed E-state index contributed by atoms with van der Waals surface area (Å²) in [5.74, 6) is 0.131. The molecule has 0 radical (unpaired) electrons. The number of carboxylic acid groups (broad SMARTS) is 1. The molecule has 0 aromatic carbocycles. The maximum absolute atomic E-state index is 11.7. The van der Waals surface area contributed by atoms with E-state index in [1.165, 1.54) is 0 Å². The van der Waals surface area contributed by atoms with E-state index in [0.29, 0.717) is 0 Å². The predicted molar refractivity (Wildman–Crippen MR) is 61.3 cm³/mol. The molecule has 2 heterocycles. The molecule has 1 aromatic heterocycles. The van der Waals surface area contributed by atoms with Gasteiger partial charge in [-0.15, -0.1) is 0 Å². The summed E-state index contributed by atoms with van der Waals surface area (Å²) >= 11 is 1.87. The number of amides is 1. The fourth-order valence-corrected chi connectivity index (χ4v) is 2.69. The number of carbonyl (C=O) groups is 2. The molecule has 1 aliphatic rings. The lowest BCUT2D eigenvalue weighted by Crippen LogP contribution is -2.37. The summed E-state index contributed by atoms with van der Waals surface area (Å²) in [5, 5.41) is 14.9. The van der Waals surface area contributed by atoms with E-state index in [2.05, 4.69) is 15.0 Å². The Balaban J connectivity index is 1.96. The molecule has 2 N–H and O–H groups in total. The molecular weight excluding hydrogens is 244 g/mol. The molecule has 0 unspecified atom stereocenters. The Bertz CT molecular complexity index is 426. The zero-order chi connectivity index (χ0) is 12.3. The second kappa shape index (κ2) is 5.22. The van der Waals surface area contributed by atoms with Crippen LogP contribution in [0.1, 0.15) is 33.9 Å². The standard InChI is InChI=1S/C10H12N2O4S/c13-9(11-6-1-3-17-4-2-6)7-5-8(10(14)15)16-12-7/h5-6H,1-4H2,(H,11,13)(H,14,15). The van der Waals surface area contributed by atoms with Crippen LogP contribution in [0.25, 0.3) is 0 Å². The van der Waals surface area contributed by atoms with Crippen LogP contribution in [-0.4, -0.2) is 39.7 Å². The number of rotatable bonds is 3. The average molecular weight is 256 g/mol. The Labute approximate surface area is 102 Å². The quantitative estimate of drug-likeness (QED) is 0.838. The highest BCUT2D eigenvalue weighted by molar-refractivity contribution is 7.99. The van der Waals surface area contributed by atoms with Crippen molar-refractivity contribution in [3.63, 3.8) is 0 Å². The van der Waals surface area contributed by atoms with E-state index in [-0.39, 0.29) is 23.4 Å². The van der Waals surface area contributed by atoms with E-state index in [1.54, 1.807) is 0 Å². The molecule has 0 saturated carbocycles. The van der Waals surface area contributed by atoms with E-state index < -0.39 is 5.97 Å². The fraction of sp³-hybridized carbons (Fsp3) is 0.500. The van der Waals surface area contributed by atoms with Gasteiger partial charge in [-0.2, -0.15) is 11.8 Å². The molecule has 0 bridgehead atoms. The third kappa shape index (κ3) is 3.00. The maximum atomic E-state index is 11.7. The van der Waals surface area contributed by atoms with E-state index in [9.17, 15) is 9.59 Å². The summed E-state index contributed by atoms with van der Waals surface area (Å²) in [6, 6.07) is 1.28. The van der Waals surface area contributed by atoms with Crippen LogP contribution in [0, 0.1) is 0 Å². The normalized spacial score (nSPS) is 16.7. The van der Waals surface area contributed by atoms with Crippen molar-refractivity contribution in [3.8, 4) is 0 Å². The second-order valence-electron chi connectivity index (χ2n) is 3.74. The molecule has 92 valence electrons. The van der Waals surface area contributed by atoms with Crippen molar-refractivity contribution in [1.82, 2.24) is 10.5 Å². The van der Waals surface area contributed by atoms with E-state index in [1.807, 2.05) is 11.8 Å². The van der Waals surface area contributed by atoms with Crippen molar-refractivity contribution < 1.29 is 19.2 Å². The van der Waals surface area contributed by atoms with Gasteiger partial charge in [0.1, 0.15) is 0 Å². The van der Waals surface area contributed by atoms with Crippen LogP contribution in [0.3, 0.4) is 0 Å². The van der Waals surface area contributed by atoms with E-state index in [4.69, 9.17) is 5.11 Å². The molecule has 2 rings (SSSR count). The summed E-state index contributed by atoms with van der Waals surface area (Å²) in [6.07, 6.45) is 1.86. The number of carboxylic acids is 1. The van der Waals surface area contributed by atoms with Gasteiger partial charge in [-0.05, 0) is 24.3 Å². The number of aromatic carboxylic acids is 1. The maximum Gasteiger partial charge on any atom is 0.374 e. The molecule has 7 heteroatoms. The number of hydrogen-bond acceptors (Lipinski definition) is 5. The lowest BCUT2D eigenvalue weighted by molar-refractivity contribution is 0.0651. The van der Waals surface area contributed by atoms with Gasteiger partial charge in [0, 0.05) is 12.1 Å². The van der Waals surface area contributed by atoms with Gasteiger partial charge < -0.3 is 14.9 Å². The van der Waals surface area contributed by atoms with Crippen LogP contribution in [0.15, 0.2) is 10.6 Å². The van der Waals surface area contributed by atoms with Gasteiger partial charge in [-0.25, -0.2) is 4.79 Å². The first kappa shape index (κ1) is 12.0. The number of carbonyl (C=O) groups excluding carboxylic acids is 1. The molecule has 1 aromatic rings. The SMILES string of the molecule is O=C(NC1CCSCC1)c1cc(C(=O)O)on1. The van der Waals surface area contributed by atoms with Gasteiger partial charge in [0.05, 0.1) is 0 Å². The summed E-state index contributed by atoms with van der Waals surface area (Å²) in [6.45, 7) is 0. The van der Waals surface area contributed by atoms with Crippen LogP contribution < -0.4 is 5.32 Å². The van der Waals surface area contributed by atoms with Gasteiger partial charge in [-0.1, -0.05) is 5.16 Å². The number of nitrogens with one attached hydrogen (secondary N) is 1. The van der Waals surface area contributed by atoms with Gasteiger partial charge in [0.15, 0.2) is 5.69 Å². The van der Waals surface area contributed by atoms with Crippen molar-refractivity contribution in [2.45, 2.75) is 18.9 Å². The van der Waals surface area contributed by atoms with Crippen molar-refractivity contribution >= 4 is 23.6 Å². The molecule has 0 spiro atoms. The Kier molecular flexibility index (Phi) is 3.68. The monoisotopic (exact) mass is 256 g/mol. The van der Waals surface area contributed by atoms with Gasteiger partial charge in [0.2, 0.25) is 5.76 Å². The average Bonchev–Trinajstić information content (AvgIpc) is 2.79. The minimum atomic E-state index is -1.23. The number of nitrogens with zero attached hydrogens (tertiary/aromatic N) is 1. The van der Waals surface area contributed by atoms with Crippen LogP contribution >= 0.6 is 11.8 Å². The fourth-order valence-electron chi connectivity index (χ4n) is 1.58. The van der Waals surface area contributed by atoms with Crippen molar-refractivity contribution in [1.29, 1.82) is 0 Å². The number of hydrogen-bond donors (Lipinski definition) is 2. The summed E-state index contributed by atoms with van der Waals surface area (Å²) in [7, 11) is 0. The van der Waals surface area contributed by atoms with Gasteiger partial charge in [0.25, 0.3) is 5.91 Å². The summed E-state index contributed by atoms with van der Waals surface area (Å²) in [5.41, 5.74) is 0.0145. The second-order valence-corrected chi connectivity index (χ2v) is 4.97. The van der Waals surface area contributed by atoms with Crippen LogP contribution in [0.4, 0.5) is 0 Å². The predicted octanol–water partition coefficient (Wildman–Crippen LogP) is 0.998. The Morgan fingerprint density at radius 3 is 2.76 bits per heavy atom. The molecule has 1 saturated heterocycles. The molecule has 6 nitrogen and oxygen atoms in total. The van der Waals surface area contributed by atoms with Gasteiger partial charge >= 0.3 is 5.97 Å². The molecular formula is C10H12N2O4S. The highest BCUT2D eigenvalue weighted by Gasteiger charge is 2.20. The first-order chi connectivity index (χ1) is 8.16. The largest absolute Gasteiger partial charge is 0.475 e. The number of aromatic nitrogens is 1. The zero-order valence-electron chi connectivity index (χ0n) is 9.01. The first-order valence-corrected chi connectivity index (χ1v) is 6.41. The Hall–Kier alpha value is -1.50.